The van der Waals surface area contributed by atoms with Crippen molar-refractivity contribution in [3.63, 3.8) is 0 Å². The van der Waals surface area contributed by atoms with Crippen LogP contribution in [0, 0.1) is 11.7 Å². The number of anilines is 1. The largest absolute Gasteiger partial charge is 0.491 e. The molecule has 1 aliphatic carbocycles. The maximum atomic E-state index is 13.9. The van der Waals surface area contributed by atoms with Crippen LogP contribution in [-0.4, -0.2) is 25.2 Å². The van der Waals surface area contributed by atoms with Crippen LogP contribution < -0.4 is 15.4 Å². The first-order valence-corrected chi connectivity index (χ1v) is 8.20. The lowest BCUT2D eigenvalue weighted by atomic mass is 9.93. The molecule has 2 fully saturated rings. The molecule has 1 saturated carbocycles. The Morgan fingerprint density at radius 3 is 2.90 bits per heavy atom. The van der Waals surface area contributed by atoms with Gasteiger partial charge in [0.15, 0.2) is 11.6 Å². The van der Waals surface area contributed by atoms with Crippen molar-refractivity contribution in [1.82, 2.24) is 5.32 Å². The number of ether oxygens (including phenoxy) is 1. The summed E-state index contributed by atoms with van der Waals surface area (Å²) in [6.45, 7) is 3.50. The molecule has 1 aromatic rings. The molecule has 21 heavy (non-hydrogen) atoms. The third-order valence-electron chi connectivity index (χ3n) is 4.77. The molecule has 4 heteroatoms. The molecule has 0 radical (unpaired) electrons. The lowest BCUT2D eigenvalue weighted by molar-refractivity contribution is 0.321. The second-order valence-corrected chi connectivity index (χ2v) is 6.13. The monoisotopic (exact) mass is 292 g/mol. The van der Waals surface area contributed by atoms with Gasteiger partial charge in [-0.15, -0.1) is 0 Å². The number of benzene rings is 1. The average Bonchev–Trinajstić information content (AvgIpc) is 3.12. The first kappa shape index (κ1) is 14.6. The van der Waals surface area contributed by atoms with Gasteiger partial charge in [0.1, 0.15) is 0 Å². The average molecular weight is 292 g/mol. The van der Waals surface area contributed by atoms with Crippen molar-refractivity contribution in [3.05, 3.63) is 24.0 Å². The zero-order valence-electron chi connectivity index (χ0n) is 12.7. The van der Waals surface area contributed by atoms with Crippen LogP contribution in [0.15, 0.2) is 18.2 Å². The molecule has 3 atom stereocenters. The van der Waals surface area contributed by atoms with Gasteiger partial charge in [-0.05, 0) is 57.2 Å². The molecule has 2 N–H and O–H groups in total. The van der Waals surface area contributed by atoms with Crippen LogP contribution in [0.4, 0.5) is 10.1 Å². The quantitative estimate of drug-likeness (QED) is 0.870. The summed E-state index contributed by atoms with van der Waals surface area (Å²) in [7, 11) is 0. The van der Waals surface area contributed by atoms with E-state index in [4.69, 9.17) is 4.74 Å². The summed E-state index contributed by atoms with van der Waals surface area (Å²) >= 11 is 0. The van der Waals surface area contributed by atoms with E-state index in [2.05, 4.69) is 10.6 Å². The Morgan fingerprint density at radius 2 is 2.19 bits per heavy atom. The van der Waals surface area contributed by atoms with Gasteiger partial charge in [0.05, 0.1) is 6.61 Å². The molecule has 1 aliphatic heterocycles. The van der Waals surface area contributed by atoms with Crippen LogP contribution in [0.25, 0.3) is 0 Å². The highest BCUT2D eigenvalue weighted by Crippen LogP contribution is 2.34. The maximum Gasteiger partial charge on any atom is 0.167 e. The number of rotatable bonds is 5. The van der Waals surface area contributed by atoms with Crippen molar-refractivity contribution < 1.29 is 9.13 Å². The van der Waals surface area contributed by atoms with Gasteiger partial charge in [0.2, 0.25) is 0 Å². The zero-order chi connectivity index (χ0) is 14.7. The summed E-state index contributed by atoms with van der Waals surface area (Å²) in [5.41, 5.74) is 0.867. The molecule has 2 aliphatic rings. The molecule has 0 aromatic heterocycles. The fourth-order valence-corrected chi connectivity index (χ4v) is 3.80. The Hall–Kier alpha value is -1.29. The standard InChI is InChI=1S/C17H25FN2O/c1-2-21-17-9-8-12(11-14(17)18)20-16-6-3-5-13(16)15-7-4-10-19-15/h8-9,11,13,15-16,19-20H,2-7,10H2,1H3. The Bertz CT molecular complexity index is 474. The van der Waals surface area contributed by atoms with Gasteiger partial charge in [0, 0.05) is 23.8 Å². The van der Waals surface area contributed by atoms with E-state index in [1.54, 1.807) is 12.1 Å². The molecule has 0 amide bonds. The van der Waals surface area contributed by atoms with Crippen molar-refractivity contribution in [2.24, 2.45) is 5.92 Å². The van der Waals surface area contributed by atoms with Crippen molar-refractivity contribution in [1.29, 1.82) is 0 Å². The first-order valence-electron chi connectivity index (χ1n) is 8.20. The highest BCUT2D eigenvalue weighted by atomic mass is 19.1. The maximum absolute atomic E-state index is 13.9. The van der Waals surface area contributed by atoms with Gasteiger partial charge in [-0.1, -0.05) is 6.42 Å². The zero-order valence-corrected chi connectivity index (χ0v) is 12.7. The molecule has 116 valence electrons. The normalized spacial score (nSPS) is 28.8. The lowest BCUT2D eigenvalue weighted by Gasteiger charge is -2.27. The fourth-order valence-electron chi connectivity index (χ4n) is 3.80. The molecule has 3 nitrogen and oxygen atoms in total. The Morgan fingerprint density at radius 1 is 1.29 bits per heavy atom. The van der Waals surface area contributed by atoms with E-state index < -0.39 is 0 Å². The second-order valence-electron chi connectivity index (χ2n) is 6.13. The number of halogens is 1. The third kappa shape index (κ3) is 3.31. The van der Waals surface area contributed by atoms with Gasteiger partial charge in [-0.2, -0.15) is 0 Å². The minimum absolute atomic E-state index is 0.282. The fraction of sp³-hybridized carbons (Fsp3) is 0.647. The van der Waals surface area contributed by atoms with E-state index in [1.165, 1.54) is 32.1 Å². The number of nitrogens with one attached hydrogen (secondary N) is 2. The molecule has 3 unspecified atom stereocenters. The molecular formula is C17H25FN2O. The number of hydrogen-bond donors (Lipinski definition) is 2. The summed E-state index contributed by atoms with van der Waals surface area (Å²) in [6.07, 6.45) is 6.28. The van der Waals surface area contributed by atoms with E-state index >= 15 is 0 Å². The van der Waals surface area contributed by atoms with Gasteiger partial charge in [-0.25, -0.2) is 4.39 Å². The predicted octanol–water partition coefficient (Wildman–Crippen LogP) is 3.56. The minimum atomic E-state index is -0.282. The van der Waals surface area contributed by atoms with Gasteiger partial charge < -0.3 is 15.4 Å². The van der Waals surface area contributed by atoms with E-state index in [0.29, 0.717) is 30.4 Å². The SMILES string of the molecule is CCOc1ccc(NC2CCCC2C2CCCN2)cc1F. The van der Waals surface area contributed by atoms with Gasteiger partial charge in [0.25, 0.3) is 0 Å². The van der Waals surface area contributed by atoms with Crippen LogP contribution >= 0.6 is 0 Å². The number of hydrogen-bond acceptors (Lipinski definition) is 3. The summed E-state index contributed by atoms with van der Waals surface area (Å²) in [4.78, 5) is 0. The first-order chi connectivity index (χ1) is 10.3. The summed E-state index contributed by atoms with van der Waals surface area (Å²) in [5, 5.41) is 7.16. The van der Waals surface area contributed by atoms with E-state index in [-0.39, 0.29) is 5.82 Å². The van der Waals surface area contributed by atoms with E-state index in [1.807, 2.05) is 13.0 Å². The van der Waals surface area contributed by atoms with Crippen LogP contribution in [0.2, 0.25) is 0 Å². The van der Waals surface area contributed by atoms with Crippen LogP contribution in [0.5, 0.6) is 5.75 Å². The molecule has 0 spiro atoms. The van der Waals surface area contributed by atoms with Crippen molar-refractivity contribution in [2.75, 3.05) is 18.5 Å². The van der Waals surface area contributed by atoms with Gasteiger partial charge in [-0.3, -0.25) is 0 Å². The molecule has 0 bridgehead atoms. The van der Waals surface area contributed by atoms with Gasteiger partial charge >= 0.3 is 0 Å². The van der Waals surface area contributed by atoms with E-state index in [9.17, 15) is 4.39 Å². The Labute approximate surface area is 126 Å². The minimum Gasteiger partial charge on any atom is -0.491 e. The Balaban J connectivity index is 1.66. The molecule has 3 rings (SSSR count). The van der Waals surface area contributed by atoms with Crippen molar-refractivity contribution in [3.8, 4) is 5.75 Å². The van der Waals surface area contributed by atoms with Crippen LogP contribution in [0.3, 0.4) is 0 Å². The third-order valence-corrected chi connectivity index (χ3v) is 4.77. The predicted molar refractivity (Wildman–Crippen MR) is 83.3 cm³/mol. The highest BCUT2D eigenvalue weighted by Gasteiger charge is 2.34. The molecule has 1 heterocycles. The summed E-state index contributed by atoms with van der Waals surface area (Å²) in [6, 6.07) is 6.29. The molecular weight excluding hydrogens is 267 g/mol. The molecule has 1 aromatic carbocycles. The van der Waals surface area contributed by atoms with E-state index in [0.717, 1.165) is 12.2 Å². The second kappa shape index (κ2) is 6.65. The molecule has 1 saturated heterocycles. The highest BCUT2D eigenvalue weighted by molar-refractivity contribution is 5.48. The lowest BCUT2D eigenvalue weighted by Crippen LogP contribution is -2.38. The van der Waals surface area contributed by atoms with Crippen molar-refractivity contribution in [2.45, 2.75) is 51.1 Å². The summed E-state index contributed by atoms with van der Waals surface area (Å²) in [5.74, 6) is 0.723. The smallest absolute Gasteiger partial charge is 0.167 e. The van der Waals surface area contributed by atoms with Crippen LogP contribution in [0.1, 0.15) is 39.0 Å². The van der Waals surface area contributed by atoms with Crippen molar-refractivity contribution >= 4 is 5.69 Å². The Kier molecular flexibility index (Phi) is 4.63. The topological polar surface area (TPSA) is 33.3 Å². The summed E-state index contributed by atoms with van der Waals surface area (Å²) < 4.78 is 19.2. The van der Waals surface area contributed by atoms with Crippen LogP contribution in [-0.2, 0) is 0 Å².